The third-order valence-corrected chi connectivity index (χ3v) is 5.69. The zero-order valence-electron chi connectivity index (χ0n) is 18.7. The van der Waals surface area contributed by atoms with Crippen LogP contribution in [-0.4, -0.2) is 62.0 Å². The van der Waals surface area contributed by atoms with Crippen LogP contribution in [0, 0.1) is 11.3 Å². The second kappa shape index (κ2) is 11.6. The summed E-state index contributed by atoms with van der Waals surface area (Å²) in [4.78, 5) is 15.7. The molecule has 6 heteroatoms. The molecule has 2 aromatic carbocycles. The largest absolute Gasteiger partial charge is 0.355 e. The summed E-state index contributed by atoms with van der Waals surface area (Å²) in [5, 5.41) is 15.8. The van der Waals surface area contributed by atoms with Gasteiger partial charge in [0.1, 0.15) is 0 Å². The molecule has 6 nitrogen and oxygen atoms in total. The van der Waals surface area contributed by atoms with Gasteiger partial charge in [-0.3, -0.25) is 9.69 Å². The maximum absolute atomic E-state index is 10.9. The second-order valence-electron chi connectivity index (χ2n) is 8.28. The van der Waals surface area contributed by atoms with E-state index in [1.165, 1.54) is 24.5 Å². The summed E-state index contributed by atoms with van der Waals surface area (Å²) in [6.07, 6.45) is 1.19. The van der Waals surface area contributed by atoms with Gasteiger partial charge < -0.3 is 15.5 Å². The van der Waals surface area contributed by atoms with E-state index in [1.54, 1.807) is 0 Å². The van der Waals surface area contributed by atoms with Crippen molar-refractivity contribution < 1.29 is 4.79 Å². The highest BCUT2D eigenvalue weighted by atomic mass is 16.1. The van der Waals surface area contributed by atoms with Gasteiger partial charge in [0.2, 0.25) is 5.91 Å². The van der Waals surface area contributed by atoms with E-state index in [9.17, 15) is 10.1 Å². The number of nitriles is 1. The molecular formula is C25H33N5O. The van der Waals surface area contributed by atoms with Crippen molar-refractivity contribution in [1.82, 2.24) is 20.4 Å². The van der Waals surface area contributed by atoms with E-state index in [4.69, 9.17) is 0 Å². The third-order valence-electron chi connectivity index (χ3n) is 5.69. The van der Waals surface area contributed by atoms with Crippen LogP contribution in [0.15, 0.2) is 42.5 Å². The molecule has 1 heterocycles. The molecular weight excluding hydrogens is 386 g/mol. The molecule has 0 spiro atoms. The molecule has 31 heavy (non-hydrogen) atoms. The van der Waals surface area contributed by atoms with E-state index in [2.05, 4.69) is 69.9 Å². The number of amides is 1. The van der Waals surface area contributed by atoms with Crippen LogP contribution in [-0.2, 0) is 17.9 Å². The molecule has 0 aromatic heterocycles. The van der Waals surface area contributed by atoms with Crippen LogP contribution in [0.4, 0.5) is 0 Å². The summed E-state index contributed by atoms with van der Waals surface area (Å²) in [5.41, 5.74) is 5.14. The van der Waals surface area contributed by atoms with E-state index in [1.807, 2.05) is 6.07 Å². The third kappa shape index (κ3) is 7.18. The first kappa shape index (κ1) is 23.0. The standard InChI is InChI=1S/C25H33N5O/c1-20(31)28-11-10-27-18-21-4-7-23(8-5-21)25-9-6-22(16-24(25)17-26)19-30-13-3-12-29(2)14-15-30/h4-9,16,27H,3,10-15,18-19H2,1-2H3,(H,28,31). The van der Waals surface area contributed by atoms with Crippen LogP contribution in [0.3, 0.4) is 0 Å². The first-order chi connectivity index (χ1) is 15.0. The van der Waals surface area contributed by atoms with Crippen molar-refractivity contribution in [1.29, 1.82) is 5.26 Å². The van der Waals surface area contributed by atoms with Gasteiger partial charge in [-0.05, 0) is 54.9 Å². The van der Waals surface area contributed by atoms with Gasteiger partial charge in [0.25, 0.3) is 0 Å². The molecule has 0 saturated carbocycles. The lowest BCUT2D eigenvalue weighted by molar-refractivity contribution is -0.118. The Morgan fingerprint density at radius 3 is 2.55 bits per heavy atom. The molecule has 164 valence electrons. The summed E-state index contributed by atoms with van der Waals surface area (Å²) in [5.74, 6) is -0.00972. The Kier molecular flexibility index (Phi) is 8.60. The quantitative estimate of drug-likeness (QED) is 0.644. The molecule has 2 aromatic rings. The lowest BCUT2D eigenvalue weighted by atomic mass is 9.97. The summed E-state index contributed by atoms with van der Waals surface area (Å²) in [6.45, 7) is 8.94. The Morgan fingerprint density at radius 1 is 1.03 bits per heavy atom. The average Bonchev–Trinajstić information content (AvgIpc) is 2.97. The highest BCUT2D eigenvalue weighted by molar-refractivity contribution is 5.72. The molecule has 2 N–H and O–H groups in total. The zero-order chi connectivity index (χ0) is 22.1. The fraction of sp³-hybridized carbons (Fsp3) is 0.440. The zero-order valence-corrected chi connectivity index (χ0v) is 18.7. The first-order valence-electron chi connectivity index (χ1n) is 11.0. The van der Waals surface area contributed by atoms with Gasteiger partial charge in [0.05, 0.1) is 11.6 Å². The van der Waals surface area contributed by atoms with Crippen LogP contribution in [0.25, 0.3) is 11.1 Å². The van der Waals surface area contributed by atoms with E-state index in [0.29, 0.717) is 6.54 Å². The maximum atomic E-state index is 10.9. The fourth-order valence-electron chi connectivity index (χ4n) is 3.91. The molecule has 0 radical (unpaired) electrons. The number of carbonyl (C=O) groups excluding carboxylic acids is 1. The predicted molar refractivity (Wildman–Crippen MR) is 124 cm³/mol. The molecule has 0 unspecified atom stereocenters. The predicted octanol–water partition coefficient (Wildman–Crippen LogP) is 2.59. The molecule has 1 amide bonds. The summed E-state index contributed by atoms with van der Waals surface area (Å²) in [6, 6.07) is 17.0. The van der Waals surface area contributed by atoms with Crippen molar-refractivity contribution in [2.75, 3.05) is 46.3 Å². The van der Waals surface area contributed by atoms with Crippen LogP contribution in [0.2, 0.25) is 0 Å². The maximum Gasteiger partial charge on any atom is 0.216 e. The number of hydrogen-bond acceptors (Lipinski definition) is 5. The van der Waals surface area contributed by atoms with Crippen molar-refractivity contribution in [2.45, 2.75) is 26.4 Å². The molecule has 3 rings (SSSR count). The number of carbonyl (C=O) groups is 1. The second-order valence-corrected chi connectivity index (χ2v) is 8.28. The minimum absolute atomic E-state index is 0.00972. The highest BCUT2D eigenvalue weighted by Crippen LogP contribution is 2.25. The topological polar surface area (TPSA) is 71.4 Å². The molecule has 1 saturated heterocycles. The number of nitrogens with one attached hydrogen (secondary N) is 2. The molecule has 1 aliphatic rings. The van der Waals surface area contributed by atoms with Crippen LogP contribution in [0.5, 0.6) is 0 Å². The Hall–Kier alpha value is -2.72. The summed E-state index contributed by atoms with van der Waals surface area (Å²) >= 11 is 0. The van der Waals surface area contributed by atoms with Crippen molar-refractivity contribution in [3.8, 4) is 17.2 Å². The number of nitrogens with zero attached hydrogens (tertiary/aromatic N) is 3. The van der Waals surface area contributed by atoms with E-state index >= 15 is 0 Å². The molecule has 0 aliphatic carbocycles. The lowest BCUT2D eigenvalue weighted by Gasteiger charge is -2.20. The van der Waals surface area contributed by atoms with E-state index in [0.717, 1.165) is 62.5 Å². The first-order valence-corrected chi connectivity index (χ1v) is 11.0. The van der Waals surface area contributed by atoms with Gasteiger partial charge >= 0.3 is 0 Å². The smallest absolute Gasteiger partial charge is 0.216 e. The molecule has 0 atom stereocenters. The van der Waals surface area contributed by atoms with Crippen LogP contribution >= 0.6 is 0 Å². The fourth-order valence-corrected chi connectivity index (χ4v) is 3.91. The summed E-state index contributed by atoms with van der Waals surface area (Å²) in [7, 11) is 2.18. The number of hydrogen-bond donors (Lipinski definition) is 2. The minimum Gasteiger partial charge on any atom is -0.355 e. The van der Waals surface area contributed by atoms with Crippen molar-refractivity contribution in [3.05, 3.63) is 59.2 Å². The molecule has 1 fully saturated rings. The van der Waals surface area contributed by atoms with E-state index < -0.39 is 0 Å². The van der Waals surface area contributed by atoms with Gasteiger partial charge in [-0.1, -0.05) is 36.4 Å². The van der Waals surface area contributed by atoms with Crippen molar-refractivity contribution in [2.24, 2.45) is 0 Å². The SMILES string of the molecule is CC(=O)NCCNCc1ccc(-c2ccc(CN3CCCN(C)CC3)cc2C#N)cc1. The number of likely N-dealkylation sites (N-methyl/N-ethyl adjacent to an activating group) is 1. The van der Waals surface area contributed by atoms with Gasteiger partial charge in [-0.15, -0.1) is 0 Å². The van der Waals surface area contributed by atoms with Gasteiger partial charge in [0.15, 0.2) is 0 Å². The van der Waals surface area contributed by atoms with E-state index in [-0.39, 0.29) is 5.91 Å². The van der Waals surface area contributed by atoms with Crippen molar-refractivity contribution >= 4 is 5.91 Å². The Balaban J connectivity index is 1.60. The molecule has 1 aliphatic heterocycles. The van der Waals surface area contributed by atoms with Crippen molar-refractivity contribution in [3.63, 3.8) is 0 Å². The van der Waals surface area contributed by atoms with Crippen LogP contribution < -0.4 is 10.6 Å². The number of rotatable bonds is 8. The van der Waals surface area contributed by atoms with Gasteiger partial charge in [-0.25, -0.2) is 0 Å². The Labute approximate surface area is 185 Å². The lowest BCUT2D eigenvalue weighted by Crippen LogP contribution is -2.29. The Morgan fingerprint density at radius 2 is 1.81 bits per heavy atom. The average molecular weight is 420 g/mol. The van der Waals surface area contributed by atoms with Gasteiger partial charge in [0, 0.05) is 46.2 Å². The monoisotopic (exact) mass is 419 g/mol. The normalized spacial score (nSPS) is 15.3. The minimum atomic E-state index is -0.00972. The van der Waals surface area contributed by atoms with Crippen LogP contribution in [0.1, 0.15) is 30.0 Å². The molecule has 0 bridgehead atoms. The highest BCUT2D eigenvalue weighted by Gasteiger charge is 2.13. The Bertz CT molecular complexity index is 903. The number of benzene rings is 2. The van der Waals surface area contributed by atoms with Gasteiger partial charge in [-0.2, -0.15) is 5.26 Å². The summed E-state index contributed by atoms with van der Waals surface area (Å²) < 4.78 is 0.